The molecule has 0 aliphatic carbocycles. The molecule has 1 atom stereocenters. The lowest BCUT2D eigenvalue weighted by molar-refractivity contribution is -0.0504. The van der Waals surface area contributed by atoms with E-state index < -0.39 is 6.61 Å². The Morgan fingerprint density at radius 2 is 1.93 bits per heavy atom. The monoisotopic (exact) mass is 413 g/mol. The molecule has 7 nitrogen and oxygen atoms in total. The summed E-state index contributed by atoms with van der Waals surface area (Å²) < 4.78 is 35.2. The van der Waals surface area contributed by atoms with Gasteiger partial charge in [-0.15, -0.1) is 0 Å². The molecule has 1 aromatic rings. The van der Waals surface area contributed by atoms with Crippen LogP contribution in [0.4, 0.5) is 8.78 Å². The molecule has 164 valence electrons. The number of piperazine rings is 1. The first-order valence-corrected chi connectivity index (χ1v) is 9.99. The van der Waals surface area contributed by atoms with Gasteiger partial charge in [0.15, 0.2) is 5.96 Å². The quantitative estimate of drug-likeness (QED) is 0.477. The van der Waals surface area contributed by atoms with Crippen LogP contribution in [0.25, 0.3) is 0 Å². The molecule has 0 bridgehead atoms. The molecular weight excluding hydrogens is 380 g/mol. The van der Waals surface area contributed by atoms with Gasteiger partial charge in [-0.2, -0.15) is 8.78 Å². The third-order valence-electron chi connectivity index (χ3n) is 4.96. The third-order valence-corrected chi connectivity index (χ3v) is 4.96. The van der Waals surface area contributed by atoms with Crippen LogP contribution in [0.5, 0.6) is 11.5 Å². The summed E-state index contributed by atoms with van der Waals surface area (Å²) in [5.41, 5.74) is 0.536. The van der Waals surface area contributed by atoms with Gasteiger partial charge in [-0.25, -0.2) is 4.99 Å². The lowest BCUT2D eigenvalue weighted by Gasteiger charge is -2.36. The largest absolute Gasteiger partial charge is 0.497 e. The number of nitrogens with one attached hydrogen (secondary N) is 2. The SMILES string of the molecule is CCNC(=NCc1cc(OC)ccc1OC(F)F)NCC(C)N1CCN(C)CC1. The van der Waals surface area contributed by atoms with Gasteiger partial charge in [-0.1, -0.05) is 0 Å². The average Bonchev–Trinajstić information content (AvgIpc) is 2.70. The predicted octanol–water partition coefficient (Wildman–Crippen LogP) is 1.99. The van der Waals surface area contributed by atoms with Crippen LogP contribution in [0.1, 0.15) is 19.4 Å². The van der Waals surface area contributed by atoms with Gasteiger partial charge in [0.05, 0.1) is 13.7 Å². The van der Waals surface area contributed by atoms with Crippen LogP contribution >= 0.6 is 0 Å². The lowest BCUT2D eigenvalue weighted by atomic mass is 10.2. The van der Waals surface area contributed by atoms with Crippen molar-refractivity contribution in [2.75, 3.05) is 53.4 Å². The lowest BCUT2D eigenvalue weighted by Crippen LogP contribution is -2.52. The zero-order valence-corrected chi connectivity index (χ0v) is 17.8. The van der Waals surface area contributed by atoms with Crippen LogP contribution < -0.4 is 20.1 Å². The molecule has 2 N–H and O–H groups in total. The number of benzene rings is 1. The van der Waals surface area contributed by atoms with E-state index in [1.807, 2.05) is 6.92 Å². The number of ether oxygens (including phenoxy) is 2. The maximum atomic E-state index is 12.7. The van der Waals surface area contributed by atoms with E-state index in [1.165, 1.54) is 13.2 Å². The minimum absolute atomic E-state index is 0.103. The van der Waals surface area contributed by atoms with E-state index in [0.29, 0.717) is 29.9 Å². The maximum absolute atomic E-state index is 12.7. The predicted molar refractivity (Wildman–Crippen MR) is 111 cm³/mol. The van der Waals surface area contributed by atoms with Gasteiger partial charge in [0.25, 0.3) is 0 Å². The minimum Gasteiger partial charge on any atom is -0.497 e. The molecule has 1 unspecified atom stereocenters. The van der Waals surface area contributed by atoms with E-state index >= 15 is 0 Å². The summed E-state index contributed by atoms with van der Waals surface area (Å²) in [6, 6.07) is 5.09. The second-order valence-electron chi connectivity index (χ2n) is 7.12. The molecule has 1 aliphatic heterocycles. The van der Waals surface area contributed by atoms with E-state index in [-0.39, 0.29) is 12.3 Å². The van der Waals surface area contributed by atoms with Crippen molar-refractivity contribution in [2.45, 2.75) is 33.0 Å². The average molecular weight is 414 g/mol. The molecule has 1 aromatic carbocycles. The second-order valence-corrected chi connectivity index (χ2v) is 7.12. The number of aliphatic imine (C=N–C) groups is 1. The summed E-state index contributed by atoms with van der Waals surface area (Å²) in [7, 11) is 3.67. The summed E-state index contributed by atoms with van der Waals surface area (Å²) in [5.74, 6) is 1.31. The van der Waals surface area contributed by atoms with Gasteiger partial charge in [0.2, 0.25) is 0 Å². The molecule has 0 aromatic heterocycles. The Labute approximate surface area is 172 Å². The first-order chi connectivity index (χ1) is 13.9. The number of methoxy groups -OCH3 is 1. The highest BCUT2D eigenvalue weighted by atomic mass is 19.3. The van der Waals surface area contributed by atoms with Crippen molar-refractivity contribution < 1.29 is 18.3 Å². The van der Waals surface area contributed by atoms with Crippen LogP contribution in [-0.2, 0) is 6.54 Å². The fourth-order valence-electron chi connectivity index (χ4n) is 3.16. The number of nitrogens with zero attached hydrogens (tertiary/aromatic N) is 3. The molecule has 9 heteroatoms. The number of alkyl halides is 2. The second kappa shape index (κ2) is 11.8. The van der Waals surface area contributed by atoms with Crippen LogP contribution in [0.15, 0.2) is 23.2 Å². The van der Waals surface area contributed by atoms with Crippen LogP contribution in [0.2, 0.25) is 0 Å². The van der Waals surface area contributed by atoms with Gasteiger partial charge in [-0.05, 0) is 39.1 Å². The fraction of sp³-hybridized carbons (Fsp3) is 0.650. The summed E-state index contributed by atoms with van der Waals surface area (Å²) in [5, 5.41) is 6.55. The van der Waals surface area contributed by atoms with Crippen LogP contribution in [0, 0.1) is 0 Å². The highest BCUT2D eigenvalue weighted by Crippen LogP contribution is 2.26. The van der Waals surface area contributed by atoms with E-state index in [1.54, 1.807) is 12.1 Å². The van der Waals surface area contributed by atoms with Gasteiger partial charge in [0, 0.05) is 50.9 Å². The minimum atomic E-state index is -2.89. The molecule has 1 fully saturated rings. The van der Waals surface area contributed by atoms with E-state index in [9.17, 15) is 8.78 Å². The Balaban J connectivity index is 2.01. The topological polar surface area (TPSA) is 61.4 Å². The number of likely N-dealkylation sites (N-methyl/N-ethyl adjacent to an activating group) is 1. The molecule has 0 saturated carbocycles. The molecule has 1 heterocycles. The van der Waals surface area contributed by atoms with Gasteiger partial charge >= 0.3 is 6.61 Å². The Bertz CT molecular complexity index is 652. The standard InChI is InChI=1S/C20H33F2N5O2/c1-5-23-20(24-13-15(2)27-10-8-26(3)9-11-27)25-14-16-12-17(28-4)6-7-18(16)29-19(21)22/h6-7,12,15,19H,5,8-11,13-14H2,1-4H3,(H2,23,24,25). The Morgan fingerprint density at radius 3 is 2.55 bits per heavy atom. The van der Waals surface area contributed by atoms with Crippen molar-refractivity contribution in [1.29, 1.82) is 0 Å². The summed E-state index contributed by atoms with van der Waals surface area (Å²) in [4.78, 5) is 9.32. The molecular formula is C20H33F2N5O2. The van der Waals surface area contributed by atoms with Crippen molar-refractivity contribution in [3.8, 4) is 11.5 Å². The number of rotatable bonds is 9. The van der Waals surface area contributed by atoms with Crippen LogP contribution in [-0.4, -0.2) is 81.8 Å². The fourth-order valence-corrected chi connectivity index (χ4v) is 3.16. The van der Waals surface area contributed by atoms with Gasteiger partial charge < -0.3 is 25.0 Å². The zero-order chi connectivity index (χ0) is 21.2. The van der Waals surface area contributed by atoms with Crippen LogP contribution in [0.3, 0.4) is 0 Å². The van der Waals surface area contributed by atoms with E-state index in [4.69, 9.17) is 4.74 Å². The van der Waals surface area contributed by atoms with Gasteiger partial charge in [-0.3, -0.25) is 4.90 Å². The van der Waals surface area contributed by atoms with Crippen molar-refractivity contribution >= 4 is 5.96 Å². The molecule has 0 radical (unpaired) electrons. The first kappa shape index (κ1) is 23.2. The first-order valence-electron chi connectivity index (χ1n) is 9.99. The smallest absolute Gasteiger partial charge is 0.387 e. The highest BCUT2D eigenvalue weighted by Gasteiger charge is 2.19. The molecule has 1 aliphatic rings. The van der Waals surface area contributed by atoms with E-state index in [0.717, 1.165) is 32.7 Å². The molecule has 1 saturated heterocycles. The van der Waals surface area contributed by atoms with Crippen molar-refractivity contribution in [3.05, 3.63) is 23.8 Å². The maximum Gasteiger partial charge on any atom is 0.387 e. The van der Waals surface area contributed by atoms with Crippen molar-refractivity contribution in [3.63, 3.8) is 0 Å². The summed E-state index contributed by atoms with van der Waals surface area (Å²) >= 11 is 0. The number of hydrogen-bond acceptors (Lipinski definition) is 5. The van der Waals surface area contributed by atoms with Crippen molar-refractivity contribution in [2.24, 2.45) is 4.99 Å². The number of hydrogen-bond donors (Lipinski definition) is 2. The Kier molecular flexibility index (Phi) is 9.40. The highest BCUT2D eigenvalue weighted by molar-refractivity contribution is 5.79. The Hall–Kier alpha value is -2.13. The molecule has 29 heavy (non-hydrogen) atoms. The summed E-state index contributed by atoms with van der Waals surface area (Å²) in [6.45, 7) is 7.16. The number of guanidine groups is 1. The molecule has 0 spiro atoms. The Morgan fingerprint density at radius 1 is 1.21 bits per heavy atom. The number of halogens is 2. The zero-order valence-electron chi connectivity index (χ0n) is 17.8. The van der Waals surface area contributed by atoms with Gasteiger partial charge in [0.1, 0.15) is 11.5 Å². The normalized spacial score (nSPS) is 17.3. The van der Waals surface area contributed by atoms with Crippen molar-refractivity contribution in [1.82, 2.24) is 20.4 Å². The summed E-state index contributed by atoms with van der Waals surface area (Å²) in [6.07, 6.45) is 0. The molecule has 0 amide bonds. The molecule has 2 rings (SSSR count). The van der Waals surface area contributed by atoms with E-state index in [2.05, 4.69) is 44.1 Å². The third kappa shape index (κ3) is 7.66.